The maximum absolute atomic E-state index is 10.4. The van der Waals surface area contributed by atoms with Crippen molar-refractivity contribution in [1.82, 2.24) is 19.5 Å². The standard InChI is InChI=1S/C21H27N5O7/c1-10(11-5-12(30-2)18(32-4)13(6-11)31-3)25-19-15-20(23-8-22-19)26(9-24-15)21-17(29)16(28)14(7-27)33-21/h5-6,8-10,14,16-17,21,27-29H,7H2,1-4H3,(H,22,23,25)/t10?,14-,16-,17-,21-/m1/s1. The minimum absolute atomic E-state index is 0.226. The van der Waals surface area contributed by atoms with Crippen LogP contribution < -0.4 is 19.5 Å². The van der Waals surface area contributed by atoms with E-state index in [0.717, 1.165) is 5.56 Å². The lowest BCUT2D eigenvalue weighted by atomic mass is 10.1. The summed E-state index contributed by atoms with van der Waals surface area (Å²) in [5, 5.41) is 33.1. The van der Waals surface area contributed by atoms with Gasteiger partial charge in [-0.05, 0) is 24.6 Å². The molecule has 4 rings (SSSR count). The van der Waals surface area contributed by atoms with E-state index in [4.69, 9.17) is 18.9 Å². The monoisotopic (exact) mass is 461 g/mol. The van der Waals surface area contributed by atoms with Crippen LogP contribution in [-0.2, 0) is 4.74 Å². The maximum atomic E-state index is 10.4. The lowest BCUT2D eigenvalue weighted by molar-refractivity contribution is -0.0511. The van der Waals surface area contributed by atoms with Gasteiger partial charge in [0.1, 0.15) is 24.6 Å². The van der Waals surface area contributed by atoms with Crippen molar-refractivity contribution in [3.63, 3.8) is 0 Å². The minimum Gasteiger partial charge on any atom is -0.493 e. The highest BCUT2D eigenvalue weighted by atomic mass is 16.6. The summed E-state index contributed by atoms with van der Waals surface area (Å²) in [6.45, 7) is 1.52. The Morgan fingerprint density at radius 1 is 1.06 bits per heavy atom. The number of aliphatic hydroxyl groups excluding tert-OH is 3. The molecule has 3 heterocycles. The molecular weight excluding hydrogens is 434 g/mol. The molecule has 2 aromatic heterocycles. The average molecular weight is 461 g/mol. The molecule has 1 aliphatic heterocycles. The van der Waals surface area contributed by atoms with Crippen LogP contribution in [0.5, 0.6) is 17.2 Å². The topological polar surface area (TPSA) is 153 Å². The molecule has 178 valence electrons. The Morgan fingerprint density at radius 2 is 1.76 bits per heavy atom. The van der Waals surface area contributed by atoms with Gasteiger partial charge >= 0.3 is 0 Å². The number of methoxy groups -OCH3 is 3. The molecule has 12 heteroatoms. The van der Waals surface area contributed by atoms with E-state index < -0.39 is 31.1 Å². The molecule has 1 fully saturated rings. The van der Waals surface area contributed by atoms with Gasteiger partial charge < -0.3 is 39.6 Å². The molecule has 1 aliphatic rings. The first kappa shape index (κ1) is 23.0. The molecule has 3 aromatic rings. The van der Waals surface area contributed by atoms with Gasteiger partial charge in [0, 0.05) is 0 Å². The van der Waals surface area contributed by atoms with E-state index in [9.17, 15) is 15.3 Å². The largest absolute Gasteiger partial charge is 0.493 e. The molecule has 1 aromatic carbocycles. The first-order chi connectivity index (χ1) is 15.9. The second-order valence-corrected chi connectivity index (χ2v) is 7.60. The van der Waals surface area contributed by atoms with Crippen molar-refractivity contribution in [3.05, 3.63) is 30.4 Å². The number of nitrogens with zero attached hydrogens (tertiary/aromatic N) is 4. The van der Waals surface area contributed by atoms with Crippen molar-refractivity contribution >= 4 is 17.0 Å². The summed E-state index contributed by atoms with van der Waals surface area (Å²) in [7, 11) is 4.65. The van der Waals surface area contributed by atoms with Gasteiger partial charge in [0.05, 0.1) is 40.3 Å². The van der Waals surface area contributed by atoms with Crippen LogP contribution in [0.3, 0.4) is 0 Å². The highest BCUT2D eigenvalue weighted by Crippen LogP contribution is 2.40. The summed E-state index contributed by atoms with van der Waals surface area (Å²) >= 11 is 0. The molecular formula is C21H27N5O7. The second-order valence-electron chi connectivity index (χ2n) is 7.60. The third-order valence-electron chi connectivity index (χ3n) is 5.69. The fourth-order valence-electron chi connectivity index (χ4n) is 3.89. The predicted octanol–water partition coefficient (Wildman–Crippen LogP) is 0.637. The fraction of sp³-hybridized carbons (Fsp3) is 0.476. The van der Waals surface area contributed by atoms with Gasteiger partial charge in [-0.1, -0.05) is 0 Å². The summed E-state index contributed by atoms with van der Waals surface area (Å²) in [5.41, 5.74) is 1.72. The lowest BCUT2D eigenvalue weighted by Crippen LogP contribution is -2.33. The van der Waals surface area contributed by atoms with Crippen molar-refractivity contribution < 1.29 is 34.3 Å². The molecule has 5 atom stereocenters. The van der Waals surface area contributed by atoms with E-state index in [1.807, 2.05) is 19.1 Å². The summed E-state index contributed by atoms with van der Waals surface area (Å²) in [6, 6.07) is 3.46. The molecule has 0 bridgehead atoms. The quantitative estimate of drug-likeness (QED) is 0.374. The number of imidazole rings is 1. The molecule has 0 spiro atoms. The molecule has 12 nitrogen and oxygen atoms in total. The van der Waals surface area contributed by atoms with Gasteiger partial charge in [-0.15, -0.1) is 0 Å². The molecule has 0 amide bonds. The number of aliphatic hydroxyl groups is 3. The van der Waals surface area contributed by atoms with Crippen LogP contribution in [0.1, 0.15) is 24.8 Å². The van der Waals surface area contributed by atoms with E-state index in [1.165, 1.54) is 17.2 Å². The Hall–Kier alpha value is -3.19. The Morgan fingerprint density at radius 3 is 2.33 bits per heavy atom. The van der Waals surface area contributed by atoms with Gasteiger partial charge in [-0.2, -0.15) is 0 Å². The van der Waals surface area contributed by atoms with Crippen LogP contribution in [0.2, 0.25) is 0 Å². The predicted molar refractivity (Wildman–Crippen MR) is 116 cm³/mol. The summed E-state index contributed by atoms with van der Waals surface area (Å²) in [4.78, 5) is 13.0. The smallest absolute Gasteiger partial charge is 0.203 e. The minimum atomic E-state index is -1.25. The highest BCUT2D eigenvalue weighted by Gasteiger charge is 2.44. The zero-order valence-electron chi connectivity index (χ0n) is 18.7. The molecule has 1 unspecified atom stereocenters. The summed E-state index contributed by atoms with van der Waals surface area (Å²) in [5.74, 6) is 2.02. The fourth-order valence-corrected chi connectivity index (χ4v) is 3.89. The zero-order valence-corrected chi connectivity index (χ0v) is 18.7. The van der Waals surface area contributed by atoms with E-state index in [0.29, 0.717) is 34.2 Å². The van der Waals surface area contributed by atoms with Crippen molar-refractivity contribution in [2.75, 3.05) is 33.3 Å². The number of benzene rings is 1. The van der Waals surface area contributed by atoms with Gasteiger partial charge in [0.25, 0.3) is 0 Å². The van der Waals surface area contributed by atoms with Crippen molar-refractivity contribution in [2.45, 2.75) is 37.5 Å². The van der Waals surface area contributed by atoms with Gasteiger partial charge in [0.2, 0.25) is 5.75 Å². The van der Waals surface area contributed by atoms with Crippen LogP contribution >= 0.6 is 0 Å². The highest BCUT2D eigenvalue weighted by molar-refractivity contribution is 5.83. The van der Waals surface area contributed by atoms with E-state index >= 15 is 0 Å². The summed E-state index contributed by atoms with van der Waals surface area (Å²) < 4.78 is 23.4. The van der Waals surface area contributed by atoms with Crippen LogP contribution in [0.25, 0.3) is 11.2 Å². The SMILES string of the molecule is COc1cc(C(C)Nc2ncnc3c2ncn3[C@@H]2O[C@H](CO)[C@@H](O)[C@H]2O)cc(OC)c1OC. The van der Waals surface area contributed by atoms with Gasteiger partial charge in [0.15, 0.2) is 34.7 Å². The third-order valence-corrected chi connectivity index (χ3v) is 5.69. The zero-order chi connectivity index (χ0) is 23.7. The number of aromatic nitrogens is 4. The van der Waals surface area contributed by atoms with Crippen molar-refractivity contribution in [1.29, 1.82) is 0 Å². The van der Waals surface area contributed by atoms with E-state index in [1.54, 1.807) is 21.3 Å². The Balaban J connectivity index is 1.64. The number of rotatable bonds is 8. The van der Waals surface area contributed by atoms with Gasteiger partial charge in [-0.3, -0.25) is 4.57 Å². The second kappa shape index (κ2) is 9.35. The molecule has 4 N–H and O–H groups in total. The first-order valence-corrected chi connectivity index (χ1v) is 10.3. The lowest BCUT2D eigenvalue weighted by Gasteiger charge is -2.19. The average Bonchev–Trinajstić information content (AvgIpc) is 3.39. The normalized spacial score (nSPS) is 23.5. The third kappa shape index (κ3) is 4.02. The number of anilines is 1. The number of ether oxygens (including phenoxy) is 4. The van der Waals surface area contributed by atoms with Crippen LogP contribution in [0.4, 0.5) is 5.82 Å². The van der Waals surface area contributed by atoms with E-state index in [-0.39, 0.29) is 6.04 Å². The van der Waals surface area contributed by atoms with Crippen molar-refractivity contribution in [3.8, 4) is 17.2 Å². The molecule has 0 saturated carbocycles. The molecule has 33 heavy (non-hydrogen) atoms. The van der Waals surface area contributed by atoms with E-state index in [2.05, 4.69) is 20.3 Å². The number of hydrogen-bond acceptors (Lipinski definition) is 11. The number of fused-ring (bicyclic) bond motifs is 1. The molecule has 0 radical (unpaired) electrons. The Bertz CT molecular complexity index is 1100. The first-order valence-electron chi connectivity index (χ1n) is 10.3. The Labute approximate surface area is 189 Å². The van der Waals surface area contributed by atoms with Crippen molar-refractivity contribution in [2.24, 2.45) is 0 Å². The number of nitrogens with one attached hydrogen (secondary N) is 1. The molecule has 0 aliphatic carbocycles. The Kier molecular flexibility index (Phi) is 6.51. The van der Waals surface area contributed by atoms with Gasteiger partial charge in [-0.25, -0.2) is 15.0 Å². The number of hydrogen-bond donors (Lipinski definition) is 4. The van der Waals surface area contributed by atoms with Crippen LogP contribution in [0.15, 0.2) is 24.8 Å². The maximum Gasteiger partial charge on any atom is 0.203 e. The molecule has 1 saturated heterocycles. The van der Waals surface area contributed by atoms with Crippen LogP contribution in [0, 0.1) is 0 Å². The van der Waals surface area contributed by atoms with Crippen LogP contribution in [-0.4, -0.2) is 81.1 Å². The summed E-state index contributed by atoms with van der Waals surface area (Å²) in [6.07, 6.45) is -1.50.